The van der Waals surface area contributed by atoms with Crippen molar-refractivity contribution >= 4 is 11.6 Å². The predicted octanol–water partition coefficient (Wildman–Crippen LogP) is 5.80. The Hall–Kier alpha value is -3.58. The van der Waals surface area contributed by atoms with E-state index in [4.69, 9.17) is 16.3 Å². The fourth-order valence-corrected chi connectivity index (χ4v) is 3.71. The van der Waals surface area contributed by atoms with Crippen LogP contribution in [0.2, 0.25) is 5.02 Å². The molecule has 6 nitrogen and oxygen atoms in total. The molecular formula is C26H24ClFN4O2. The minimum Gasteiger partial charge on any atom is -0.487 e. The Labute approximate surface area is 202 Å². The molecule has 0 saturated heterocycles. The molecule has 8 heteroatoms. The summed E-state index contributed by atoms with van der Waals surface area (Å²) < 4.78 is 20.4. The Morgan fingerprint density at radius 2 is 1.79 bits per heavy atom. The fourth-order valence-electron chi connectivity index (χ4n) is 3.52. The third-order valence-electron chi connectivity index (χ3n) is 5.38. The van der Waals surface area contributed by atoms with Gasteiger partial charge in [0.05, 0.1) is 17.1 Å². The second-order valence-electron chi connectivity index (χ2n) is 8.33. The summed E-state index contributed by atoms with van der Waals surface area (Å²) in [6.45, 7) is 7.90. The van der Waals surface area contributed by atoms with Crippen LogP contribution in [0.4, 0.5) is 4.39 Å². The lowest BCUT2D eigenvalue weighted by molar-refractivity contribution is 0.305. The van der Waals surface area contributed by atoms with Gasteiger partial charge in [0.15, 0.2) is 0 Å². The van der Waals surface area contributed by atoms with Crippen molar-refractivity contribution in [2.45, 2.75) is 40.2 Å². The molecular weight excluding hydrogens is 455 g/mol. The van der Waals surface area contributed by atoms with Gasteiger partial charge in [-0.3, -0.25) is 14.3 Å². The Bertz CT molecular complexity index is 1400. The summed E-state index contributed by atoms with van der Waals surface area (Å²) >= 11 is 6.42. The summed E-state index contributed by atoms with van der Waals surface area (Å²) in [5, 5.41) is -0.0328. The second kappa shape index (κ2) is 9.73. The minimum atomic E-state index is -0.401. The van der Waals surface area contributed by atoms with Crippen LogP contribution in [-0.2, 0) is 6.61 Å². The van der Waals surface area contributed by atoms with Crippen molar-refractivity contribution in [3.63, 3.8) is 0 Å². The van der Waals surface area contributed by atoms with Crippen LogP contribution in [0.15, 0.2) is 59.7 Å². The largest absolute Gasteiger partial charge is 0.487 e. The Balaban J connectivity index is 1.71. The first-order valence-corrected chi connectivity index (χ1v) is 11.2. The molecule has 0 amide bonds. The molecule has 0 atom stereocenters. The average Bonchev–Trinajstić information content (AvgIpc) is 2.82. The molecule has 0 unspecified atom stereocenters. The molecule has 0 spiro atoms. The molecule has 0 saturated carbocycles. The van der Waals surface area contributed by atoms with Crippen molar-refractivity contribution in [2.75, 3.05) is 0 Å². The third kappa shape index (κ3) is 4.84. The summed E-state index contributed by atoms with van der Waals surface area (Å²) in [4.78, 5) is 26.7. The summed E-state index contributed by atoms with van der Waals surface area (Å²) in [6, 6.07) is 11.3. The smallest absolute Gasteiger partial charge is 0.277 e. The topological polar surface area (TPSA) is 69.9 Å². The molecule has 0 aliphatic heterocycles. The number of benzene rings is 1. The van der Waals surface area contributed by atoms with Crippen LogP contribution < -0.4 is 10.3 Å². The van der Waals surface area contributed by atoms with Crippen molar-refractivity contribution in [3.05, 3.63) is 98.7 Å². The summed E-state index contributed by atoms with van der Waals surface area (Å²) in [5.41, 5.74) is 3.78. The highest BCUT2D eigenvalue weighted by Gasteiger charge is 2.17. The number of halogens is 2. The van der Waals surface area contributed by atoms with Crippen molar-refractivity contribution in [3.8, 4) is 22.8 Å². The third-order valence-corrected chi connectivity index (χ3v) is 5.72. The lowest BCUT2D eigenvalue weighted by Crippen LogP contribution is -2.22. The Morgan fingerprint density at radius 1 is 1.06 bits per heavy atom. The van der Waals surface area contributed by atoms with Gasteiger partial charge in [0.25, 0.3) is 5.56 Å². The molecule has 0 radical (unpaired) electrons. The van der Waals surface area contributed by atoms with Gasteiger partial charge < -0.3 is 4.74 Å². The molecule has 0 N–H and O–H groups in total. The van der Waals surface area contributed by atoms with E-state index in [2.05, 4.69) is 15.0 Å². The van der Waals surface area contributed by atoms with Crippen molar-refractivity contribution in [1.82, 2.24) is 19.5 Å². The van der Waals surface area contributed by atoms with E-state index >= 15 is 0 Å². The number of rotatable bonds is 6. The first-order valence-electron chi connectivity index (χ1n) is 10.8. The molecule has 1 aromatic carbocycles. The Kier molecular flexibility index (Phi) is 6.75. The van der Waals surface area contributed by atoms with Gasteiger partial charge >= 0.3 is 0 Å². The van der Waals surface area contributed by atoms with Crippen molar-refractivity contribution in [1.29, 1.82) is 0 Å². The van der Waals surface area contributed by atoms with Crippen LogP contribution in [0.1, 0.15) is 42.4 Å². The minimum absolute atomic E-state index is 0.0328. The zero-order chi connectivity index (χ0) is 24.4. The van der Waals surface area contributed by atoms with Gasteiger partial charge in [-0.1, -0.05) is 37.6 Å². The summed E-state index contributed by atoms with van der Waals surface area (Å²) in [6.07, 6.45) is 3.42. The van der Waals surface area contributed by atoms with Gasteiger partial charge in [-0.15, -0.1) is 0 Å². The molecule has 0 fully saturated rings. The highest BCUT2D eigenvalue weighted by atomic mass is 35.5. The molecule has 0 bridgehead atoms. The van der Waals surface area contributed by atoms with E-state index in [-0.39, 0.29) is 29.1 Å². The van der Waals surface area contributed by atoms with Gasteiger partial charge in [-0.2, -0.15) is 0 Å². The first-order chi connectivity index (χ1) is 16.2. The van der Waals surface area contributed by atoms with E-state index in [1.54, 1.807) is 36.7 Å². The van der Waals surface area contributed by atoms with Crippen LogP contribution in [0, 0.1) is 19.7 Å². The number of hydrogen-bond donors (Lipinski definition) is 0. The molecule has 3 heterocycles. The number of pyridine rings is 2. The fraction of sp³-hybridized carbons (Fsp3) is 0.231. The number of aryl methyl sites for hydroxylation is 2. The highest BCUT2D eigenvalue weighted by molar-refractivity contribution is 6.31. The number of hydrogen-bond acceptors (Lipinski definition) is 5. The molecule has 0 aliphatic carbocycles. The molecule has 34 heavy (non-hydrogen) atoms. The Morgan fingerprint density at radius 3 is 2.50 bits per heavy atom. The predicted molar refractivity (Wildman–Crippen MR) is 130 cm³/mol. The second-order valence-corrected chi connectivity index (χ2v) is 8.71. The van der Waals surface area contributed by atoms with E-state index < -0.39 is 5.56 Å². The maximum absolute atomic E-state index is 13.3. The maximum Gasteiger partial charge on any atom is 0.277 e. The molecule has 4 aromatic rings. The maximum atomic E-state index is 13.3. The molecule has 3 aromatic heterocycles. The molecule has 174 valence electrons. The van der Waals surface area contributed by atoms with E-state index in [0.29, 0.717) is 22.8 Å². The molecule has 4 rings (SSSR count). The van der Waals surface area contributed by atoms with Gasteiger partial charge in [0, 0.05) is 30.1 Å². The van der Waals surface area contributed by atoms with Crippen LogP contribution in [0.3, 0.4) is 0 Å². The van der Waals surface area contributed by atoms with E-state index in [1.807, 2.05) is 33.8 Å². The van der Waals surface area contributed by atoms with Gasteiger partial charge in [0.1, 0.15) is 29.0 Å². The standard InChI is InChI=1S/C26H24ClFN4O2/c1-15(2)25-29-10-9-20(31-25)21-12-22(16(3)13-30-21)32-17(4)11-23(24(27)26(32)33)34-14-18-5-7-19(28)8-6-18/h5-13,15H,14H2,1-4H3. The SMILES string of the molecule is Cc1cnc(-c2ccnc(C(C)C)n2)cc1-n1c(C)cc(OCc2ccc(F)cc2)c(Cl)c1=O. The van der Waals surface area contributed by atoms with E-state index in [0.717, 1.165) is 17.0 Å². The number of ether oxygens (including phenoxy) is 1. The van der Waals surface area contributed by atoms with Crippen LogP contribution in [0.5, 0.6) is 5.75 Å². The normalized spacial score (nSPS) is 11.1. The van der Waals surface area contributed by atoms with Crippen LogP contribution in [0.25, 0.3) is 17.1 Å². The number of nitrogens with zero attached hydrogens (tertiary/aromatic N) is 4. The average molecular weight is 479 g/mol. The monoisotopic (exact) mass is 478 g/mol. The molecule has 0 aliphatic rings. The van der Waals surface area contributed by atoms with Crippen molar-refractivity contribution in [2.24, 2.45) is 0 Å². The van der Waals surface area contributed by atoms with Crippen molar-refractivity contribution < 1.29 is 9.13 Å². The van der Waals surface area contributed by atoms with Gasteiger partial charge in [-0.05, 0) is 49.2 Å². The van der Waals surface area contributed by atoms with Crippen LogP contribution >= 0.6 is 11.6 Å². The van der Waals surface area contributed by atoms with Gasteiger partial charge in [-0.25, -0.2) is 14.4 Å². The zero-order valence-electron chi connectivity index (χ0n) is 19.3. The van der Waals surface area contributed by atoms with E-state index in [9.17, 15) is 9.18 Å². The van der Waals surface area contributed by atoms with Gasteiger partial charge in [0.2, 0.25) is 0 Å². The van der Waals surface area contributed by atoms with E-state index in [1.165, 1.54) is 16.7 Å². The zero-order valence-corrected chi connectivity index (χ0v) is 20.1. The first kappa shape index (κ1) is 23.6. The van der Waals surface area contributed by atoms with Crippen LogP contribution in [-0.4, -0.2) is 19.5 Å². The lowest BCUT2D eigenvalue weighted by Gasteiger charge is -2.17. The quantitative estimate of drug-likeness (QED) is 0.350. The summed E-state index contributed by atoms with van der Waals surface area (Å²) in [7, 11) is 0. The lowest BCUT2D eigenvalue weighted by atomic mass is 10.1. The highest BCUT2D eigenvalue weighted by Crippen LogP contribution is 2.27. The number of aromatic nitrogens is 4. The summed E-state index contributed by atoms with van der Waals surface area (Å²) in [5.74, 6) is 0.847.